The number of hydrogen-bond acceptors (Lipinski definition) is 4. The van der Waals surface area contributed by atoms with Gasteiger partial charge in [-0.1, -0.05) is 12.1 Å². The van der Waals surface area contributed by atoms with Crippen molar-refractivity contribution in [1.82, 2.24) is 15.0 Å². The van der Waals surface area contributed by atoms with Gasteiger partial charge in [-0.25, -0.2) is 9.97 Å². The summed E-state index contributed by atoms with van der Waals surface area (Å²) in [4.78, 5) is 14.8. The first kappa shape index (κ1) is 13.8. The van der Waals surface area contributed by atoms with Gasteiger partial charge in [0.05, 0.1) is 16.6 Å². The molecule has 0 bridgehead atoms. The van der Waals surface area contributed by atoms with Crippen LogP contribution in [0.1, 0.15) is 30.1 Å². The van der Waals surface area contributed by atoms with Crippen LogP contribution in [0.25, 0.3) is 11.0 Å². The van der Waals surface area contributed by atoms with Crippen LogP contribution < -0.4 is 4.90 Å². The Bertz CT molecular complexity index is 843. The van der Waals surface area contributed by atoms with E-state index in [9.17, 15) is 5.26 Å². The van der Waals surface area contributed by atoms with E-state index in [1.54, 1.807) is 6.20 Å². The Morgan fingerprint density at radius 3 is 3.00 bits per heavy atom. The Hall–Kier alpha value is -2.87. The SMILES string of the molecule is N#Cc1cccnc1N1CCC[C@@H](c2nc3ccccc3[nH]2)C1. The Labute approximate surface area is 134 Å². The third-order valence-corrected chi connectivity index (χ3v) is 4.42. The molecule has 0 amide bonds. The number of aromatic amines is 1. The van der Waals surface area contributed by atoms with Gasteiger partial charge in [0.15, 0.2) is 0 Å². The standard InChI is InChI=1S/C18H17N5/c19-11-13-5-3-9-20-18(13)23-10-4-6-14(12-23)17-21-15-7-1-2-8-16(15)22-17/h1-3,5,7-9,14H,4,6,10,12H2,(H,21,22)/t14-/m1/s1. The summed E-state index contributed by atoms with van der Waals surface area (Å²) in [5, 5.41) is 9.29. The van der Waals surface area contributed by atoms with Gasteiger partial charge < -0.3 is 9.88 Å². The molecule has 23 heavy (non-hydrogen) atoms. The Kier molecular flexibility index (Phi) is 3.43. The molecule has 1 N–H and O–H groups in total. The highest BCUT2D eigenvalue weighted by molar-refractivity contribution is 5.74. The molecule has 1 aliphatic heterocycles. The molecule has 3 heterocycles. The minimum atomic E-state index is 0.338. The van der Waals surface area contributed by atoms with Crippen molar-refractivity contribution in [2.45, 2.75) is 18.8 Å². The fourth-order valence-corrected chi connectivity index (χ4v) is 3.29. The van der Waals surface area contributed by atoms with Crippen LogP contribution >= 0.6 is 0 Å². The number of piperidine rings is 1. The van der Waals surface area contributed by atoms with E-state index in [1.165, 1.54) is 0 Å². The summed E-state index contributed by atoms with van der Waals surface area (Å²) in [7, 11) is 0. The maximum absolute atomic E-state index is 9.29. The van der Waals surface area contributed by atoms with Gasteiger partial charge in [-0.3, -0.25) is 0 Å². The number of hydrogen-bond donors (Lipinski definition) is 1. The van der Waals surface area contributed by atoms with E-state index in [0.29, 0.717) is 11.5 Å². The van der Waals surface area contributed by atoms with Gasteiger partial charge in [0, 0.05) is 25.2 Å². The second-order valence-electron chi connectivity index (χ2n) is 5.91. The van der Waals surface area contributed by atoms with E-state index >= 15 is 0 Å². The lowest BCUT2D eigenvalue weighted by Crippen LogP contribution is -2.35. The van der Waals surface area contributed by atoms with Crippen LogP contribution in [-0.4, -0.2) is 28.0 Å². The molecule has 4 rings (SSSR count). The van der Waals surface area contributed by atoms with Crippen LogP contribution in [-0.2, 0) is 0 Å². The first-order valence-corrected chi connectivity index (χ1v) is 7.90. The van der Waals surface area contributed by atoms with Crippen LogP contribution in [0.5, 0.6) is 0 Å². The molecule has 5 heteroatoms. The number of anilines is 1. The summed E-state index contributed by atoms with van der Waals surface area (Å²) in [6, 6.07) is 14.0. The molecule has 0 unspecified atom stereocenters. The van der Waals surface area contributed by atoms with E-state index in [2.05, 4.69) is 27.0 Å². The topological polar surface area (TPSA) is 68.6 Å². The number of benzene rings is 1. The van der Waals surface area contributed by atoms with E-state index in [0.717, 1.165) is 48.6 Å². The molecule has 0 saturated carbocycles. The zero-order valence-corrected chi connectivity index (χ0v) is 12.7. The van der Waals surface area contributed by atoms with E-state index < -0.39 is 0 Å². The summed E-state index contributed by atoms with van der Waals surface area (Å²) >= 11 is 0. The van der Waals surface area contributed by atoms with Gasteiger partial charge in [-0.05, 0) is 37.1 Å². The molecule has 114 valence electrons. The van der Waals surface area contributed by atoms with Gasteiger partial charge in [-0.15, -0.1) is 0 Å². The molecule has 0 radical (unpaired) electrons. The Balaban J connectivity index is 1.63. The lowest BCUT2D eigenvalue weighted by molar-refractivity contribution is 0.492. The summed E-state index contributed by atoms with van der Waals surface area (Å²) in [6.07, 6.45) is 3.93. The van der Waals surface area contributed by atoms with Crippen LogP contribution in [0.3, 0.4) is 0 Å². The molecule has 1 atom stereocenters. The van der Waals surface area contributed by atoms with Crippen molar-refractivity contribution in [3.63, 3.8) is 0 Å². The highest BCUT2D eigenvalue weighted by atomic mass is 15.2. The third kappa shape index (κ3) is 2.53. The van der Waals surface area contributed by atoms with Crippen molar-refractivity contribution < 1.29 is 0 Å². The largest absolute Gasteiger partial charge is 0.355 e. The number of pyridine rings is 1. The molecule has 3 aromatic rings. The average Bonchev–Trinajstić information content (AvgIpc) is 3.06. The van der Waals surface area contributed by atoms with Crippen LogP contribution in [0.4, 0.5) is 5.82 Å². The molecule has 1 aliphatic rings. The number of fused-ring (bicyclic) bond motifs is 1. The molecule has 5 nitrogen and oxygen atoms in total. The minimum absolute atomic E-state index is 0.338. The molecule has 1 fully saturated rings. The van der Waals surface area contributed by atoms with Crippen molar-refractivity contribution in [3.8, 4) is 6.07 Å². The first-order chi connectivity index (χ1) is 11.3. The summed E-state index contributed by atoms with van der Waals surface area (Å²) in [5.41, 5.74) is 2.73. The predicted octanol–water partition coefficient (Wildman–Crippen LogP) is 3.21. The number of aromatic nitrogens is 3. The Morgan fingerprint density at radius 2 is 2.13 bits per heavy atom. The molecule has 0 aliphatic carbocycles. The minimum Gasteiger partial charge on any atom is -0.355 e. The van der Waals surface area contributed by atoms with E-state index in [-0.39, 0.29) is 0 Å². The van der Waals surface area contributed by atoms with Gasteiger partial charge in [0.2, 0.25) is 0 Å². The van der Waals surface area contributed by atoms with E-state index in [4.69, 9.17) is 4.98 Å². The number of imidazole rings is 1. The van der Waals surface area contributed by atoms with Gasteiger partial charge in [-0.2, -0.15) is 5.26 Å². The fourth-order valence-electron chi connectivity index (χ4n) is 3.29. The monoisotopic (exact) mass is 303 g/mol. The summed E-state index contributed by atoms with van der Waals surface area (Å²) in [6.45, 7) is 1.77. The van der Waals surface area contributed by atoms with Gasteiger partial charge >= 0.3 is 0 Å². The molecular weight excluding hydrogens is 286 g/mol. The van der Waals surface area contributed by atoms with Gasteiger partial charge in [0.25, 0.3) is 0 Å². The van der Waals surface area contributed by atoms with Crippen molar-refractivity contribution >= 4 is 16.9 Å². The van der Waals surface area contributed by atoms with E-state index in [1.807, 2.05) is 30.3 Å². The molecule has 1 saturated heterocycles. The fraction of sp³-hybridized carbons (Fsp3) is 0.278. The van der Waals surface area contributed by atoms with Gasteiger partial charge in [0.1, 0.15) is 17.7 Å². The molecule has 1 aromatic carbocycles. The highest BCUT2D eigenvalue weighted by Crippen LogP contribution is 2.30. The second-order valence-corrected chi connectivity index (χ2v) is 5.91. The summed E-state index contributed by atoms with van der Waals surface area (Å²) < 4.78 is 0. The van der Waals surface area contributed by atoms with Crippen molar-refractivity contribution in [1.29, 1.82) is 5.26 Å². The van der Waals surface area contributed by atoms with Crippen LogP contribution in [0.2, 0.25) is 0 Å². The van der Waals surface area contributed by atoms with Crippen molar-refractivity contribution in [2.24, 2.45) is 0 Å². The molecule has 0 spiro atoms. The Morgan fingerprint density at radius 1 is 1.22 bits per heavy atom. The number of rotatable bonds is 2. The predicted molar refractivity (Wildman–Crippen MR) is 89.2 cm³/mol. The maximum Gasteiger partial charge on any atom is 0.146 e. The van der Waals surface area contributed by atoms with Crippen LogP contribution in [0, 0.1) is 11.3 Å². The van der Waals surface area contributed by atoms with Crippen molar-refractivity contribution in [2.75, 3.05) is 18.0 Å². The lowest BCUT2D eigenvalue weighted by atomic mass is 9.97. The smallest absolute Gasteiger partial charge is 0.146 e. The zero-order chi connectivity index (χ0) is 15.6. The van der Waals surface area contributed by atoms with Crippen LogP contribution in [0.15, 0.2) is 42.6 Å². The quantitative estimate of drug-likeness (QED) is 0.789. The molecular formula is C18H17N5. The molecule has 2 aromatic heterocycles. The number of H-pyrrole nitrogens is 1. The van der Waals surface area contributed by atoms with Crippen molar-refractivity contribution in [3.05, 3.63) is 54.0 Å². The lowest BCUT2D eigenvalue weighted by Gasteiger charge is -2.33. The average molecular weight is 303 g/mol. The second kappa shape index (κ2) is 5.73. The normalized spacial score (nSPS) is 18.0. The maximum atomic E-state index is 9.29. The first-order valence-electron chi connectivity index (χ1n) is 7.90. The summed E-state index contributed by atoms with van der Waals surface area (Å²) in [5.74, 6) is 2.16. The zero-order valence-electron chi connectivity index (χ0n) is 12.7. The number of nitrogens with zero attached hydrogens (tertiary/aromatic N) is 4. The number of nitriles is 1. The third-order valence-electron chi connectivity index (χ3n) is 4.42. The number of nitrogens with one attached hydrogen (secondary N) is 1. The highest BCUT2D eigenvalue weighted by Gasteiger charge is 2.25. The number of para-hydroxylation sites is 2.